The predicted molar refractivity (Wildman–Crippen MR) is 89.3 cm³/mol. The second-order valence-electron chi connectivity index (χ2n) is 6.34. The number of carbonyl (C=O) groups excluding carboxylic acids is 1. The number of aryl methyl sites for hydroxylation is 2. The van der Waals surface area contributed by atoms with Crippen LogP contribution in [0.1, 0.15) is 50.7 Å². The van der Waals surface area contributed by atoms with Gasteiger partial charge in [0.25, 0.3) is 5.91 Å². The SMILES string of the molecule is Cc1ccc(C(=O)N2CCC(n3cc(C(=O)O)cn3)CC2)cc1C. The quantitative estimate of drug-likeness (QED) is 0.940. The summed E-state index contributed by atoms with van der Waals surface area (Å²) in [6.45, 7) is 5.35. The molecule has 0 saturated carbocycles. The van der Waals surface area contributed by atoms with E-state index in [1.54, 1.807) is 10.9 Å². The molecule has 24 heavy (non-hydrogen) atoms. The highest BCUT2D eigenvalue weighted by atomic mass is 16.4. The first-order valence-corrected chi connectivity index (χ1v) is 8.09. The van der Waals surface area contributed by atoms with E-state index in [-0.39, 0.29) is 17.5 Å². The van der Waals surface area contributed by atoms with Crippen LogP contribution < -0.4 is 0 Å². The van der Waals surface area contributed by atoms with E-state index in [9.17, 15) is 9.59 Å². The molecule has 1 amide bonds. The number of carboxylic acids is 1. The largest absolute Gasteiger partial charge is 0.478 e. The number of piperidine rings is 1. The average Bonchev–Trinajstić information content (AvgIpc) is 3.07. The van der Waals surface area contributed by atoms with Crippen molar-refractivity contribution in [2.75, 3.05) is 13.1 Å². The van der Waals surface area contributed by atoms with Gasteiger partial charge in [-0.05, 0) is 49.9 Å². The highest BCUT2D eigenvalue weighted by Crippen LogP contribution is 2.24. The maximum atomic E-state index is 12.6. The number of rotatable bonds is 3. The standard InChI is InChI=1S/C18H21N3O3/c1-12-3-4-14(9-13(12)2)17(22)20-7-5-16(6-8-20)21-11-15(10-19-21)18(23)24/h3-4,9-11,16H,5-8H2,1-2H3,(H,23,24). The summed E-state index contributed by atoms with van der Waals surface area (Å²) in [6, 6.07) is 5.94. The Hall–Kier alpha value is -2.63. The fourth-order valence-corrected chi connectivity index (χ4v) is 3.04. The molecule has 0 bridgehead atoms. The Morgan fingerprint density at radius 1 is 1.12 bits per heavy atom. The molecule has 0 spiro atoms. The van der Waals surface area contributed by atoms with Crippen LogP contribution in [0, 0.1) is 13.8 Å². The van der Waals surface area contributed by atoms with Gasteiger partial charge in [0.05, 0.1) is 17.8 Å². The Morgan fingerprint density at radius 3 is 2.42 bits per heavy atom. The van der Waals surface area contributed by atoms with Crippen molar-refractivity contribution in [1.29, 1.82) is 0 Å². The molecule has 1 saturated heterocycles. The van der Waals surface area contributed by atoms with Crippen molar-refractivity contribution >= 4 is 11.9 Å². The Balaban J connectivity index is 1.64. The summed E-state index contributed by atoms with van der Waals surface area (Å²) in [7, 11) is 0. The predicted octanol–water partition coefficient (Wildman–Crippen LogP) is 2.68. The lowest BCUT2D eigenvalue weighted by Crippen LogP contribution is -2.39. The summed E-state index contributed by atoms with van der Waals surface area (Å²) >= 11 is 0. The number of aromatic carboxylic acids is 1. The molecular formula is C18H21N3O3. The van der Waals surface area contributed by atoms with Crippen LogP contribution in [0.3, 0.4) is 0 Å². The monoisotopic (exact) mass is 327 g/mol. The maximum Gasteiger partial charge on any atom is 0.338 e. The maximum absolute atomic E-state index is 12.6. The van der Waals surface area contributed by atoms with Crippen LogP contribution in [-0.2, 0) is 0 Å². The molecule has 126 valence electrons. The molecule has 1 aliphatic rings. The van der Waals surface area contributed by atoms with Crippen molar-refractivity contribution in [2.45, 2.75) is 32.7 Å². The van der Waals surface area contributed by atoms with Gasteiger partial charge in [0.1, 0.15) is 0 Å². The zero-order valence-electron chi connectivity index (χ0n) is 13.9. The Morgan fingerprint density at radius 2 is 1.83 bits per heavy atom. The number of hydrogen-bond acceptors (Lipinski definition) is 3. The van der Waals surface area contributed by atoms with Gasteiger partial charge in [-0.15, -0.1) is 0 Å². The lowest BCUT2D eigenvalue weighted by atomic mass is 10.0. The summed E-state index contributed by atoms with van der Waals surface area (Å²) < 4.78 is 1.71. The number of carbonyl (C=O) groups is 2. The number of carboxylic acid groups (broad SMARTS) is 1. The highest BCUT2D eigenvalue weighted by molar-refractivity contribution is 5.94. The lowest BCUT2D eigenvalue weighted by molar-refractivity contribution is 0.0688. The van der Waals surface area contributed by atoms with Gasteiger partial charge < -0.3 is 10.0 Å². The molecule has 0 radical (unpaired) electrons. The van der Waals surface area contributed by atoms with E-state index in [0.717, 1.165) is 24.0 Å². The summed E-state index contributed by atoms with van der Waals surface area (Å²) in [6.07, 6.45) is 4.48. The third-order valence-electron chi connectivity index (χ3n) is 4.73. The number of nitrogens with zero attached hydrogens (tertiary/aromatic N) is 3. The van der Waals surface area contributed by atoms with E-state index in [2.05, 4.69) is 5.10 Å². The summed E-state index contributed by atoms with van der Waals surface area (Å²) in [5.74, 6) is -0.910. The van der Waals surface area contributed by atoms with Crippen molar-refractivity contribution < 1.29 is 14.7 Å². The topological polar surface area (TPSA) is 75.4 Å². The van der Waals surface area contributed by atoms with Crippen LogP contribution in [-0.4, -0.2) is 44.8 Å². The summed E-state index contributed by atoms with van der Waals surface area (Å²) in [5.41, 5.74) is 3.22. The molecular weight excluding hydrogens is 306 g/mol. The van der Waals surface area contributed by atoms with E-state index < -0.39 is 5.97 Å². The van der Waals surface area contributed by atoms with Gasteiger partial charge in [0, 0.05) is 24.8 Å². The van der Waals surface area contributed by atoms with Gasteiger partial charge in [-0.3, -0.25) is 9.48 Å². The van der Waals surface area contributed by atoms with Gasteiger partial charge in [-0.2, -0.15) is 5.10 Å². The molecule has 3 rings (SSSR count). The van der Waals surface area contributed by atoms with Crippen LogP contribution in [0.2, 0.25) is 0 Å². The zero-order valence-corrected chi connectivity index (χ0v) is 13.9. The Bertz CT molecular complexity index is 774. The van der Waals surface area contributed by atoms with Gasteiger partial charge >= 0.3 is 5.97 Å². The molecule has 1 fully saturated rings. The van der Waals surface area contributed by atoms with Gasteiger partial charge in [0.2, 0.25) is 0 Å². The molecule has 1 N–H and O–H groups in total. The summed E-state index contributed by atoms with van der Waals surface area (Å²) in [5, 5.41) is 13.1. The molecule has 1 aromatic carbocycles. The third kappa shape index (κ3) is 3.18. The van der Waals surface area contributed by atoms with Crippen LogP contribution in [0.5, 0.6) is 0 Å². The Kier molecular flexibility index (Phi) is 4.38. The minimum Gasteiger partial charge on any atom is -0.478 e. The number of benzene rings is 1. The van der Waals surface area contributed by atoms with Crippen LogP contribution in [0.25, 0.3) is 0 Å². The van der Waals surface area contributed by atoms with Crippen molar-refractivity contribution in [3.8, 4) is 0 Å². The molecule has 1 aromatic heterocycles. The lowest BCUT2D eigenvalue weighted by Gasteiger charge is -2.32. The molecule has 1 aliphatic heterocycles. The Labute approximate surface area is 140 Å². The number of likely N-dealkylation sites (tertiary alicyclic amines) is 1. The second-order valence-corrected chi connectivity index (χ2v) is 6.34. The van der Waals surface area contributed by atoms with Crippen LogP contribution in [0.4, 0.5) is 0 Å². The minimum atomic E-state index is -0.969. The van der Waals surface area contributed by atoms with E-state index >= 15 is 0 Å². The number of aromatic nitrogens is 2. The first kappa shape index (κ1) is 16.2. The van der Waals surface area contributed by atoms with Crippen molar-refractivity contribution in [2.24, 2.45) is 0 Å². The van der Waals surface area contributed by atoms with E-state index in [1.807, 2.05) is 36.9 Å². The fourth-order valence-electron chi connectivity index (χ4n) is 3.04. The fraction of sp³-hybridized carbons (Fsp3) is 0.389. The van der Waals surface area contributed by atoms with Crippen LogP contribution in [0.15, 0.2) is 30.6 Å². The van der Waals surface area contributed by atoms with Crippen molar-refractivity contribution in [3.05, 3.63) is 52.8 Å². The molecule has 0 unspecified atom stereocenters. The highest BCUT2D eigenvalue weighted by Gasteiger charge is 2.25. The zero-order chi connectivity index (χ0) is 17.3. The molecule has 2 heterocycles. The second kappa shape index (κ2) is 6.47. The molecule has 0 aliphatic carbocycles. The first-order valence-electron chi connectivity index (χ1n) is 8.09. The first-order chi connectivity index (χ1) is 11.5. The molecule has 6 heteroatoms. The van der Waals surface area contributed by atoms with E-state index in [1.165, 1.54) is 11.8 Å². The van der Waals surface area contributed by atoms with E-state index in [0.29, 0.717) is 13.1 Å². The van der Waals surface area contributed by atoms with Gasteiger partial charge in [0.15, 0.2) is 0 Å². The third-order valence-corrected chi connectivity index (χ3v) is 4.73. The average molecular weight is 327 g/mol. The molecule has 0 atom stereocenters. The minimum absolute atomic E-state index is 0.0586. The molecule has 2 aromatic rings. The summed E-state index contributed by atoms with van der Waals surface area (Å²) in [4.78, 5) is 25.4. The molecule has 6 nitrogen and oxygen atoms in total. The normalized spacial score (nSPS) is 15.5. The van der Waals surface area contributed by atoms with Crippen molar-refractivity contribution in [1.82, 2.24) is 14.7 Å². The smallest absolute Gasteiger partial charge is 0.338 e. The van der Waals surface area contributed by atoms with Gasteiger partial charge in [-0.25, -0.2) is 4.79 Å². The van der Waals surface area contributed by atoms with Gasteiger partial charge in [-0.1, -0.05) is 6.07 Å². The van der Waals surface area contributed by atoms with Crippen molar-refractivity contribution in [3.63, 3.8) is 0 Å². The number of hydrogen-bond donors (Lipinski definition) is 1. The number of amides is 1. The van der Waals surface area contributed by atoms with E-state index in [4.69, 9.17) is 5.11 Å². The van der Waals surface area contributed by atoms with Crippen LogP contribution >= 0.6 is 0 Å².